The van der Waals surface area contributed by atoms with Gasteiger partial charge in [0.2, 0.25) is 0 Å². The fraction of sp³-hybridized carbons (Fsp3) is 0.143. The molecule has 8 heteroatoms. The zero-order chi connectivity index (χ0) is 16.3. The molecule has 0 saturated heterocycles. The standard InChI is InChI=1S/C14H10Cl2N2O4/c15-11-5-3-9(13(7-11)17(19)20)1-2-10-4-6-12(16)8-14(10)18(21)22/h3-8H,1-2H2. The number of halogens is 2. The Bertz CT molecular complexity index is 686. The number of nitro groups is 2. The molecule has 0 atom stereocenters. The Balaban J connectivity index is 2.28. The molecule has 0 aliphatic heterocycles. The summed E-state index contributed by atoms with van der Waals surface area (Å²) in [5.41, 5.74) is 0.755. The quantitative estimate of drug-likeness (QED) is 0.588. The fourth-order valence-electron chi connectivity index (χ4n) is 2.11. The molecule has 2 aromatic carbocycles. The highest BCUT2D eigenvalue weighted by Crippen LogP contribution is 2.28. The van der Waals surface area contributed by atoms with Crippen LogP contribution in [0, 0.1) is 20.2 Å². The molecule has 0 amide bonds. The summed E-state index contributed by atoms with van der Waals surface area (Å²) in [5.74, 6) is 0. The third kappa shape index (κ3) is 3.72. The second-order valence-electron chi connectivity index (χ2n) is 4.56. The SMILES string of the molecule is O=[N+]([O-])c1cc(Cl)ccc1CCc1ccc(Cl)cc1[N+](=O)[O-]. The normalized spacial score (nSPS) is 10.5. The molecular formula is C14H10Cl2N2O4. The highest BCUT2D eigenvalue weighted by molar-refractivity contribution is 6.31. The lowest BCUT2D eigenvalue weighted by atomic mass is 10.0. The van der Waals surface area contributed by atoms with E-state index in [9.17, 15) is 20.2 Å². The lowest BCUT2D eigenvalue weighted by molar-refractivity contribution is -0.386. The molecule has 2 rings (SSSR count). The maximum atomic E-state index is 11.0. The van der Waals surface area contributed by atoms with Gasteiger partial charge < -0.3 is 0 Å². The summed E-state index contributed by atoms with van der Waals surface area (Å²) in [6.07, 6.45) is 0.575. The van der Waals surface area contributed by atoms with Crippen LogP contribution in [0.3, 0.4) is 0 Å². The van der Waals surface area contributed by atoms with E-state index in [0.717, 1.165) is 0 Å². The molecule has 0 aliphatic carbocycles. The lowest BCUT2D eigenvalue weighted by Gasteiger charge is -2.05. The number of hydrogen-bond donors (Lipinski definition) is 0. The van der Waals surface area contributed by atoms with Crippen molar-refractivity contribution in [1.29, 1.82) is 0 Å². The summed E-state index contributed by atoms with van der Waals surface area (Å²) < 4.78 is 0. The average molecular weight is 341 g/mol. The Kier molecular flexibility index (Phi) is 4.95. The van der Waals surface area contributed by atoms with Crippen molar-refractivity contribution in [2.24, 2.45) is 0 Å². The summed E-state index contributed by atoms with van der Waals surface area (Å²) in [6.45, 7) is 0. The summed E-state index contributed by atoms with van der Waals surface area (Å²) in [5, 5.41) is 22.6. The molecule has 0 spiro atoms. The van der Waals surface area contributed by atoms with Gasteiger partial charge in [-0.05, 0) is 25.0 Å². The van der Waals surface area contributed by atoms with Gasteiger partial charge in [0.25, 0.3) is 11.4 Å². The van der Waals surface area contributed by atoms with Crippen molar-refractivity contribution < 1.29 is 9.85 Å². The molecule has 0 aliphatic rings. The third-order valence-corrected chi connectivity index (χ3v) is 3.62. The minimum absolute atomic E-state index is 0.0934. The topological polar surface area (TPSA) is 86.3 Å². The predicted octanol–water partition coefficient (Wildman–Crippen LogP) is 4.60. The second-order valence-corrected chi connectivity index (χ2v) is 5.43. The van der Waals surface area contributed by atoms with Crippen molar-refractivity contribution in [3.05, 3.63) is 77.8 Å². The first kappa shape index (κ1) is 16.2. The van der Waals surface area contributed by atoms with E-state index >= 15 is 0 Å². The van der Waals surface area contributed by atoms with Crippen molar-refractivity contribution in [2.45, 2.75) is 12.8 Å². The minimum atomic E-state index is -0.516. The van der Waals surface area contributed by atoms with E-state index in [1.54, 1.807) is 24.3 Å². The van der Waals surface area contributed by atoms with E-state index in [1.165, 1.54) is 12.1 Å². The molecule has 0 saturated carbocycles. The van der Waals surface area contributed by atoms with Gasteiger partial charge in [-0.3, -0.25) is 20.2 Å². The van der Waals surface area contributed by atoms with Crippen LogP contribution >= 0.6 is 23.2 Å². The van der Waals surface area contributed by atoms with Gasteiger partial charge in [-0.2, -0.15) is 0 Å². The molecule has 114 valence electrons. The van der Waals surface area contributed by atoms with E-state index in [0.29, 0.717) is 11.1 Å². The Labute approximate surface area is 135 Å². The number of hydrogen-bond acceptors (Lipinski definition) is 4. The van der Waals surface area contributed by atoms with Gasteiger partial charge in [0.1, 0.15) is 0 Å². The van der Waals surface area contributed by atoms with Crippen molar-refractivity contribution in [2.75, 3.05) is 0 Å². The Morgan fingerprint density at radius 2 is 1.14 bits per heavy atom. The molecule has 6 nitrogen and oxygen atoms in total. The Hall–Kier alpha value is -2.18. The monoisotopic (exact) mass is 340 g/mol. The molecule has 22 heavy (non-hydrogen) atoms. The average Bonchev–Trinajstić information content (AvgIpc) is 2.46. The molecule has 0 aromatic heterocycles. The highest BCUT2D eigenvalue weighted by Gasteiger charge is 2.18. The van der Waals surface area contributed by atoms with Crippen LogP contribution < -0.4 is 0 Å². The van der Waals surface area contributed by atoms with Crippen LogP contribution in [0.25, 0.3) is 0 Å². The van der Waals surface area contributed by atoms with Crippen LogP contribution in [0.2, 0.25) is 10.0 Å². The molecule has 0 heterocycles. The van der Waals surface area contributed by atoms with Crippen molar-refractivity contribution >= 4 is 34.6 Å². The fourth-order valence-corrected chi connectivity index (χ4v) is 2.44. The van der Waals surface area contributed by atoms with Crippen LogP contribution in [0.5, 0.6) is 0 Å². The lowest BCUT2D eigenvalue weighted by Crippen LogP contribution is -2.00. The number of aryl methyl sites for hydroxylation is 2. The summed E-state index contributed by atoms with van der Waals surface area (Å²) in [7, 11) is 0. The number of nitro benzene ring substituents is 2. The smallest absolute Gasteiger partial charge is 0.258 e. The van der Waals surface area contributed by atoms with Crippen LogP contribution in [-0.2, 0) is 12.8 Å². The van der Waals surface area contributed by atoms with Crippen molar-refractivity contribution in [3.63, 3.8) is 0 Å². The Morgan fingerprint density at radius 3 is 1.45 bits per heavy atom. The maximum Gasteiger partial charge on any atom is 0.274 e. The predicted molar refractivity (Wildman–Crippen MR) is 83.6 cm³/mol. The number of rotatable bonds is 5. The van der Waals surface area contributed by atoms with Crippen LogP contribution in [0.4, 0.5) is 11.4 Å². The van der Waals surface area contributed by atoms with Gasteiger partial charge in [0, 0.05) is 33.3 Å². The summed E-state index contributed by atoms with van der Waals surface area (Å²) >= 11 is 11.5. The first-order chi connectivity index (χ1) is 10.4. The van der Waals surface area contributed by atoms with Gasteiger partial charge in [0.15, 0.2) is 0 Å². The van der Waals surface area contributed by atoms with Gasteiger partial charge in [-0.1, -0.05) is 35.3 Å². The number of nitrogens with zero attached hydrogens (tertiary/aromatic N) is 2. The van der Waals surface area contributed by atoms with Gasteiger partial charge in [0.05, 0.1) is 9.85 Å². The third-order valence-electron chi connectivity index (χ3n) is 3.15. The molecule has 0 bridgehead atoms. The van der Waals surface area contributed by atoms with Gasteiger partial charge in [-0.25, -0.2) is 0 Å². The molecular weight excluding hydrogens is 331 g/mol. The Morgan fingerprint density at radius 1 is 0.773 bits per heavy atom. The molecule has 0 unspecified atom stereocenters. The van der Waals surface area contributed by atoms with Gasteiger partial charge >= 0.3 is 0 Å². The van der Waals surface area contributed by atoms with Crippen LogP contribution in [-0.4, -0.2) is 9.85 Å². The second kappa shape index (κ2) is 6.72. The zero-order valence-corrected chi connectivity index (χ0v) is 12.7. The van der Waals surface area contributed by atoms with E-state index in [4.69, 9.17) is 23.2 Å². The van der Waals surface area contributed by atoms with E-state index in [2.05, 4.69) is 0 Å². The van der Waals surface area contributed by atoms with E-state index < -0.39 is 9.85 Å². The molecule has 0 N–H and O–H groups in total. The van der Waals surface area contributed by atoms with E-state index in [-0.39, 0.29) is 34.3 Å². The van der Waals surface area contributed by atoms with Crippen molar-refractivity contribution in [1.82, 2.24) is 0 Å². The number of benzene rings is 2. The minimum Gasteiger partial charge on any atom is -0.258 e. The molecule has 2 aromatic rings. The van der Waals surface area contributed by atoms with Crippen molar-refractivity contribution in [3.8, 4) is 0 Å². The first-order valence-electron chi connectivity index (χ1n) is 6.24. The summed E-state index contributed by atoms with van der Waals surface area (Å²) in [4.78, 5) is 21.0. The largest absolute Gasteiger partial charge is 0.274 e. The molecule has 0 fully saturated rings. The first-order valence-corrected chi connectivity index (χ1v) is 6.99. The van der Waals surface area contributed by atoms with Crippen LogP contribution in [0.1, 0.15) is 11.1 Å². The van der Waals surface area contributed by atoms with Crippen LogP contribution in [0.15, 0.2) is 36.4 Å². The van der Waals surface area contributed by atoms with E-state index in [1.807, 2.05) is 0 Å². The summed E-state index contributed by atoms with van der Waals surface area (Å²) in [6, 6.07) is 8.77. The zero-order valence-electron chi connectivity index (χ0n) is 11.2. The highest BCUT2D eigenvalue weighted by atomic mass is 35.5. The molecule has 0 radical (unpaired) electrons. The maximum absolute atomic E-state index is 11.0. The van der Waals surface area contributed by atoms with Gasteiger partial charge in [-0.15, -0.1) is 0 Å².